The first-order chi connectivity index (χ1) is 8.25. The molecule has 0 radical (unpaired) electrons. The molecule has 1 saturated heterocycles. The van der Waals surface area contributed by atoms with Crippen molar-refractivity contribution in [3.8, 4) is 0 Å². The summed E-state index contributed by atoms with van der Waals surface area (Å²) < 4.78 is 0. The molecule has 2 heteroatoms. The van der Waals surface area contributed by atoms with Crippen molar-refractivity contribution in [2.45, 2.75) is 38.1 Å². The van der Waals surface area contributed by atoms with Crippen LogP contribution in [0.1, 0.15) is 37.7 Å². The van der Waals surface area contributed by atoms with Gasteiger partial charge in [-0.15, -0.1) is 0 Å². The molecule has 0 bridgehead atoms. The number of benzene rings is 1. The van der Waals surface area contributed by atoms with Gasteiger partial charge in [0.2, 0.25) is 0 Å². The fraction of sp³-hybridized carbons (Fsp3) is 0.600. The Morgan fingerprint density at radius 2 is 1.88 bits per heavy atom. The lowest BCUT2D eigenvalue weighted by molar-refractivity contribution is 0.207. The molecule has 1 fully saturated rings. The molecule has 1 aliphatic rings. The molecule has 1 aromatic rings. The fourth-order valence-electron chi connectivity index (χ4n) is 2.50. The van der Waals surface area contributed by atoms with E-state index in [1.807, 2.05) is 0 Å². The van der Waals surface area contributed by atoms with Crippen LogP contribution < -0.4 is 5.73 Å². The monoisotopic (exact) mass is 232 g/mol. The van der Waals surface area contributed by atoms with Crippen LogP contribution in [-0.2, 0) is 0 Å². The van der Waals surface area contributed by atoms with Crippen molar-refractivity contribution in [2.75, 3.05) is 19.6 Å². The van der Waals surface area contributed by atoms with Gasteiger partial charge in [-0.3, -0.25) is 0 Å². The average Bonchev–Trinajstić information content (AvgIpc) is 2.39. The van der Waals surface area contributed by atoms with E-state index in [1.54, 1.807) is 0 Å². The van der Waals surface area contributed by atoms with Crippen LogP contribution in [0, 0.1) is 0 Å². The maximum absolute atomic E-state index is 5.92. The molecule has 1 aromatic carbocycles. The van der Waals surface area contributed by atoms with E-state index < -0.39 is 0 Å². The summed E-state index contributed by atoms with van der Waals surface area (Å²) in [7, 11) is 0. The van der Waals surface area contributed by atoms with E-state index in [2.05, 4.69) is 42.2 Å². The predicted molar refractivity (Wildman–Crippen MR) is 73.1 cm³/mol. The first-order valence-corrected chi connectivity index (χ1v) is 6.78. The molecule has 2 N–H and O–H groups in total. The normalized spacial score (nSPS) is 20.4. The number of rotatable bonds is 4. The molecule has 0 spiro atoms. The first kappa shape index (κ1) is 12.6. The van der Waals surface area contributed by atoms with Gasteiger partial charge >= 0.3 is 0 Å². The molecule has 1 atom stereocenters. The summed E-state index contributed by atoms with van der Waals surface area (Å²) in [4.78, 5) is 2.56. The summed E-state index contributed by atoms with van der Waals surface area (Å²) in [6, 6.07) is 11.3. The largest absolute Gasteiger partial charge is 0.328 e. The second kappa shape index (κ2) is 6.18. The van der Waals surface area contributed by atoms with E-state index in [-0.39, 0.29) is 0 Å². The lowest BCUT2D eigenvalue weighted by atomic mass is 9.97. The van der Waals surface area contributed by atoms with Crippen molar-refractivity contribution in [3.63, 3.8) is 0 Å². The van der Waals surface area contributed by atoms with Crippen LogP contribution in [0.4, 0.5) is 0 Å². The predicted octanol–water partition coefficient (Wildman–Crippen LogP) is 2.60. The standard InChI is InChI=1S/C15H24N2/c1-13(14-5-3-2-4-6-14)7-10-17-11-8-15(16)9-12-17/h2-6,13,15H,7-12,16H2,1H3/t13-/m0/s1. The number of hydrogen-bond acceptors (Lipinski definition) is 2. The molecule has 0 saturated carbocycles. The molecule has 0 aliphatic carbocycles. The average molecular weight is 232 g/mol. The van der Waals surface area contributed by atoms with Crippen LogP contribution in [0.2, 0.25) is 0 Å². The quantitative estimate of drug-likeness (QED) is 0.864. The molecule has 0 unspecified atom stereocenters. The van der Waals surface area contributed by atoms with Gasteiger partial charge in [0.15, 0.2) is 0 Å². The van der Waals surface area contributed by atoms with Gasteiger partial charge in [0, 0.05) is 6.04 Å². The highest BCUT2D eigenvalue weighted by Gasteiger charge is 2.16. The molecule has 0 amide bonds. The highest BCUT2D eigenvalue weighted by atomic mass is 15.1. The molecular weight excluding hydrogens is 208 g/mol. The Morgan fingerprint density at radius 3 is 2.53 bits per heavy atom. The fourth-order valence-corrected chi connectivity index (χ4v) is 2.50. The number of piperidine rings is 1. The van der Waals surface area contributed by atoms with Crippen LogP contribution in [0.3, 0.4) is 0 Å². The number of hydrogen-bond donors (Lipinski definition) is 1. The highest BCUT2D eigenvalue weighted by Crippen LogP contribution is 2.19. The van der Waals surface area contributed by atoms with Gasteiger partial charge < -0.3 is 10.6 Å². The third kappa shape index (κ3) is 3.83. The van der Waals surface area contributed by atoms with Gasteiger partial charge in [0.05, 0.1) is 0 Å². The zero-order valence-electron chi connectivity index (χ0n) is 10.8. The summed E-state index contributed by atoms with van der Waals surface area (Å²) in [6.07, 6.45) is 3.58. The van der Waals surface area contributed by atoms with Crippen LogP contribution in [0.5, 0.6) is 0 Å². The van der Waals surface area contributed by atoms with Crippen LogP contribution >= 0.6 is 0 Å². The Balaban J connectivity index is 1.75. The highest BCUT2D eigenvalue weighted by molar-refractivity contribution is 5.18. The van der Waals surface area contributed by atoms with E-state index in [9.17, 15) is 0 Å². The molecule has 2 rings (SSSR count). The van der Waals surface area contributed by atoms with Crippen LogP contribution in [0.15, 0.2) is 30.3 Å². The summed E-state index contributed by atoms with van der Waals surface area (Å²) in [5.74, 6) is 0.659. The minimum absolute atomic E-state index is 0.442. The van der Waals surface area contributed by atoms with Crippen LogP contribution in [0.25, 0.3) is 0 Å². The molecular formula is C15H24N2. The Morgan fingerprint density at radius 1 is 1.24 bits per heavy atom. The SMILES string of the molecule is C[C@@H](CCN1CCC(N)CC1)c1ccccc1. The number of likely N-dealkylation sites (tertiary alicyclic amines) is 1. The van der Waals surface area contributed by atoms with Crippen molar-refractivity contribution in [3.05, 3.63) is 35.9 Å². The van der Waals surface area contributed by atoms with E-state index >= 15 is 0 Å². The van der Waals surface area contributed by atoms with Gasteiger partial charge in [-0.2, -0.15) is 0 Å². The molecule has 1 aliphatic heterocycles. The minimum atomic E-state index is 0.442. The maximum Gasteiger partial charge on any atom is 0.00631 e. The molecule has 94 valence electrons. The van der Waals surface area contributed by atoms with Crippen molar-refractivity contribution < 1.29 is 0 Å². The van der Waals surface area contributed by atoms with Gasteiger partial charge in [-0.1, -0.05) is 37.3 Å². The van der Waals surface area contributed by atoms with Crippen molar-refractivity contribution in [2.24, 2.45) is 5.73 Å². The number of nitrogens with zero attached hydrogens (tertiary/aromatic N) is 1. The summed E-state index contributed by atoms with van der Waals surface area (Å²) in [5, 5.41) is 0. The Bertz CT molecular complexity index is 315. The van der Waals surface area contributed by atoms with Gasteiger partial charge in [0.25, 0.3) is 0 Å². The van der Waals surface area contributed by atoms with Crippen LogP contribution in [-0.4, -0.2) is 30.6 Å². The van der Waals surface area contributed by atoms with Crippen molar-refractivity contribution in [1.82, 2.24) is 4.90 Å². The van der Waals surface area contributed by atoms with Gasteiger partial charge in [-0.05, 0) is 50.4 Å². The Labute approximate surface area is 105 Å². The molecule has 17 heavy (non-hydrogen) atoms. The lowest BCUT2D eigenvalue weighted by Crippen LogP contribution is -2.40. The van der Waals surface area contributed by atoms with E-state index in [0.717, 1.165) is 0 Å². The van der Waals surface area contributed by atoms with Gasteiger partial charge in [-0.25, -0.2) is 0 Å². The number of nitrogens with two attached hydrogens (primary N) is 1. The van der Waals surface area contributed by atoms with Crippen molar-refractivity contribution in [1.29, 1.82) is 0 Å². The molecule has 2 nitrogen and oxygen atoms in total. The van der Waals surface area contributed by atoms with Crippen molar-refractivity contribution >= 4 is 0 Å². The van der Waals surface area contributed by atoms with E-state index in [4.69, 9.17) is 5.73 Å². The first-order valence-electron chi connectivity index (χ1n) is 6.78. The second-order valence-electron chi connectivity index (χ2n) is 5.28. The molecule has 1 heterocycles. The third-order valence-electron chi connectivity index (χ3n) is 3.88. The summed E-state index contributed by atoms with van der Waals surface area (Å²) in [6.45, 7) is 5.90. The summed E-state index contributed by atoms with van der Waals surface area (Å²) in [5.41, 5.74) is 7.38. The van der Waals surface area contributed by atoms with E-state index in [0.29, 0.717) is 12.0 Å². The van der Waals surface area contributed by atoms with E-state index in [1.165, 1.54) is 44.5 Å². The Hall–Kier alpha value is -0.860. The molecule has 0 aromatic heterocycles. The minimum Gasteiger partial charge on any atom is -0.328 e. The zero-order valence-corrected chi connectivity index (χ0v) is 10.8. The lowest BCUT2D eigenvalue weighted by Gasteiger charge is -2.30. The third-order valence-corrected chi connectivity index (χ3v) is 3.88. The Kier molecular flexibility index (Phi) is 4.57. The van der Waals surface area contributed by atoms with Gasteiger partial charge in [0.1, 0.15) is 0 Å². The topological polar surface area (TPSA) is 29.3 Å². The summed E-state index contributed by atoms with van der Waals surface area (Å²) >= 11 is 0. The second-order valence-corrected chi connectivity index (χ2v) is 5.28. The zero-order chi connectivity index (χ0) is 12.1. The smallest absolute Gasteiger partial charge is 0.00631 e. The maximum atomic E-state index is 5.92.